The Balaban J connectivity index is 1.80. The lowest BCUT2D eigenvalue weighted by Gasteiger charge is -2.19. The van der Waals surface area contributed by atoms with E-state index in [0.29, 0.717) is 11.8 Å². The summed E-state index contributed by atoms with van der Waals surface area (Å²) in [5.41, 5.74) is 4.46. The van der Waals surface area contributed by atoms with Crippen LogP contribution in [0.3, 0.4) is 0 Å². The molecule has 0 aromatic heterocycles. The number of hydrogen-bond acceptors (Lipinski definition) is 4. The number of rotatable bonds is 7. The van der Waals surface area contributed by atoms with Gasteiger partial charge in [0.2, 0.25) is 0 Å². The second kappa shape index (κ2) is 6.51. The highest BCUT2D eigenvalue weighted by Crippen LogP contribution is 2.49. The van der Waals surface area contributed by atoms with Gasteiger partial charge in [-0.2, -0.15) is 0 Å². The molecule has 0 spiro atoms. The van der Waals surface area contributed by atoms with Crippen molar-refractivity contribution in [1.82, 2.24) is 0 Å². The molecule has 0 saturated heterocycles. The molecule has 2 aliphatic carbocycles. The highest BCUT2D eigenvalue weighted by Gasteiger charge is 2.33. The molecule has 4 nitrogen and oxygen atoms in total. The van der Waals surface area contributed by atoms with Crippen LogP contribution in [-0.2, 0) is 0 Å². The predicted octanol–water partition coefficient (Wildman–Crippen LogP) is 5.31. The lowest BCUT2D eigenvalue weighted by molar-refractivity contribution is 0.413. The number of nitrogens with zero attached hydrogens (tertiary/aromatic N) is 1. The van der Waals surface area contributed by atoms with Crippen molar-refractivity contribution < 1.29 is 9.47 Å². The Bertz CT molecular complexity index is 730. The zero-order chi connectivity index (χ0) is 17.4. The van der Waals surface area contributed by atoms with Crippen molar-refractivity contribution >= 4 is 0 Å². The molecule has 0 N–H and O–H groups in total. The zero-order valence-electron chi connectivity index (χ0n) is 14.7. The van der Waals surface area contributed by atoms with Crippen molar-refractivity contribution in [2.75, 3.05) is 14.2 Å². The number of benzene rings is 2. The fourth-order valence-corrected chi connectivity index (χ4v) is 3.63. The van der Waals surface area contributed by atoms with Crippen molar-refractivity contribution in [3.05, 3.63) is 63.6 Å². The normalized spacial score (nSPS) is 16.8. The van der Waals surface area contributed by atoms with Gasteiger partial charge in [-0.05, 0) is 84.0 Å². The van der Waals surface area contributed by atoms with Crippen molar-refractivity contribution in [2.24, 2.45) is 5.18 Å². The third-order valence-electron chi connectivity index (χ3n) is 5.32. The van der Waals surface area contributed by atoms with Gasteiger partial charge in [-0.15, -0.1) is 4.91 Å². The molecule has 4 heteroatoms. The SMILES string of the molecule is COc1ccc(C(N=O)c2ccc(OC)cc2C2CC2)c(C2CC2)c1. The third-order valence-corrected chi connectivity index (χ3v) is 5.32. The molecule has 25 heavy (non-hydrogen) atoms. The summed E-state index contributed by atoms with van der Waals surface area (Å²) in [4.78, 5) is 11.9. The topological polar surface area (TPSA) is 47.9 Å². The van der Waals surface area contributed by atoms with Crippen LogP contribution in [-0.4, -0.2) is 14.2 Å². The van der Waals surface area contributed by atoms with Gasteiger partial charge in [0.25, 0.3) is 0 Å². The first-order valence-corrected chi connectivity index (χ1v) is 8.93. The van der Waals surface area contributed by atoms with Crippen LogP contribution in [0, 0.1) is 4.91 Å². The molecule has 0 radical (unpaired) electrons. The van der Waals surface area contributed by atoms with E-state index in [9.17, 15) is 4.91 Å². The average Bonchev–Trinajstić information content (AvgIpc) is 3.55. The van der Waals surface area contributed by atoms with Gasteiger partial charge in [0, 0.05) is 0 Å². The molecule has 0 bridgehead atoms. The zero-order valence-corrected chi connectivity index (χ0v) is 14.7. The molecule has 0 aliphatic heterocycles. The van der Waals surface area contributed by atoms with Crippen LogP contribution in [0.2, 0.25) is 0 Å². The van der Waals surface area contributed by atoms with E-state index in [1.807, 2.05) is 24.3 Å². The molecule has 130 valence electrons. The molecular formula is C21H23NO3. The van der Waals surface area contributed by atoms with Crippen LogP contribution < -0.4 is 9.47 Å². The van der Waals surface area contributed by atoms with Gasteiger partial charge in [-0.1, -0.05) is 17.3 Å². The van der Waals surface area contributed by atoms with E-state index in [0.717, 1.165) is 22.6 Å². The average molecular weight is 337 g/mol. The van der Waals surface area contributed by atoms with E-state index >= 15 is 0 Å². The fraction of sp³-hybridized carbons (Fsp3) is 0.429. The van der Waals surface area contributed by atoms with E-state index in [1.165, 1.54) is 36.8 Å². The van der Waals surface area contributed by atoms with Crippen molar-refractivity contribution in [2.45, 2.75) is 43.6 Å². The maximum absolute atomic E-state index is 11.9. The Morgan fingerprint density at radius 3 is 1.60 bits per heavy atom. The molecular weight excluding hydrogens is 314 g/mol. The number of methoxy groups -OCH3 is 2. The fourth-order valence-electron chi connectivity index (χ4n) is 3.63. The summed E-state index contributed by atoms with van der Waals surface area (Å²) in [6, 6.07) is 11.6. The minimum Gasteiger partial charge on any atom is -0.497 e. The van der Waals surface area contributed by atoms with E-state index in [-0.39, 0.29) is 0 Å². The summed E-state index contributed by atoms with van der Waals surface area (Å²) in [6.45, 7) is 0. The maximum Gasteiger partial charge on any atom is 0.142 e. The number of ether oxygens (including phenoxy) is 2. The summed E-state index contributed by atoms with van der Waals surface area (Å²) in [7, 11) is 3.35. The Morgan fingerprint density at radius 1 is 0.840 bits per heavy atom. The Kier molecular flexibility index (Phi) is 4.20. The molecule has 0 unspecified atom stereocenters. The smallest absolute Gasteiger partial charge is 0.142 e. The highest BCUT2D eigenvalue weighted by molar-refractivity contribution is 5.49. The first-order chi connectivity index (χ1) is 12.2. The summed E-state index contributed by atoms with van der Waals surface area (Å²) >= 11 is 0. The summed E-state index contributed by atoms with van der Waals surface area (Å²) in [6.07, 6.45) is 4.68. The summed E-state index contributed by atoms with van der Waals surface area (Å²) in [5, 5.41) is 3.55. The quantitative estimate of drug-likeness (QED) is 0.643. The molecule has 0 atom stereocenters. The molecule has 2 aromatic rings. The molecule has 2 aromatic carbocycles. The van der Waals surface area contributed by atoms with Crippen LogP contribution in [0.25, 0.3) is 0 Å². The Hall–Kier alpha value is -2.36. The summed E-state index contributed by atoms with van der Waals surface area (Å²) < 4.78 is 10.8. The van der Waals surface area contributed by atoms with Crippen LogP contribution in [0.4, 0.5) is 0 Å². The van der Waals surface area contributed by atoms with Crippen LogP contribution in [0.5, 0.6) is 11.5 Å². The monoisotopic (exact) mass is 337 g/mol. The van der Waals surface area contributed by atoms with Gasteiger partial charge in [0.15, 0.2) is 0 Å². The molecule has 2 aliphatic rings. The maximum atomic E-state index is 11.9. The summed E-state index contributed by atoms with van der Waals surface area (Å²) in [5.74, 6) is 2.73. The van der Waals surface area contributed by atoms with Gasteiger partial charge in [0.1, 0.15) is 17.5 Å². The van der Waals surface area contributed by atoms with E-state index in [2.05, 4.69) is 17.3 Å². The van der Waals surface area contributed by atoms with Crippen LogP contribution >= 0.6 is 0 Å². The van der Waals surface area contributed by atoms with Crippen molar-refractivity contribution in [1.29, 1.82) is 0 Å². The largest absolute Gasteiger partial charge is 0.497 e. The number of hydrogen-bond donors (Lipinski definition) is 0. The first-order valence-electron chi connectivity index (χ1n) is 8.93. The standard InChI is InChI=1S/C21H23NO3/c1-24-15-7-9-17(19(11-15)13-3-4-13)21(22-23)18-10-8-16(25-2)12-20(18)14-5-6-14/h7-14,21H,3-6H2,1-2H3. The van der Waals surface area contributed by atoms with Crippen molar-refractivity contribution in [3.8, 4) is 11.5 Å². The molecule has 2 fully saturated rings. The van der Waals surface area contributed by atoms with E-state index in [1.54, 1.807) is 14.2 Å². The second-order valence-corrected chi connectivity index (χ2v) is 7.05. The van der Waals surface area contributed by atoms with Gasteiger partial charge in [-0.3, -0.25) is 0 Å². The van der Waals surface area contributed by atoms with Crippen LogP contribution in [0.1, 0.15) is 65.8 Å². The van der Waals surface area contributed by atoms with E-state index < -0.39 is 6.04 Å². The Labute approximate surface area is 148 Å². The van der Waals surface area contributed by atoms with Gasteiger partial charge < -0.3 is 9.47 Å². The minimum absolute atomic E-state index is 0.469. The van der Waals surface area contributed by atoms with Crippen LogP contribution in [0.15, 0.2) is 41.6 Å². The second-order valence-electron chi connectivity index (χ2n) is 7.05. The molecule has 4 rings (SSSR count). The van der Waals surface area contributed by atoms with E-state index in [4.69, 9.17) is 9.47 Å². The number of nitroso groups, excluding NO2 is 1. The third kappa shape index (κ3) is 3.13. The lowest BCUT2D eigenvalue weighted by atomic mass is 9.88. The molecule has 0 heterocycles. The first kappa shape index (κ1) is 16.1. The molecule has 0 amide bonds. The van der Waals surface area contributed by atoms with Gasteiger partial charge in [0.05, 0.1) is 14.2 Å². The highest BCUT2D eigenvalue weighted by atomic mass is 16.5. The van der Waals surface area contributed by atoms with Crippen molar-refractivity contribution in [3.63, 3.8) is 0 Å². The predicted molar refractivity (Wildman–Crippen MR) is 97.6 cm³/mol. The van der Waals surface area contributed by atoms with Gasteiger partial charge >= 0.3 is 0 Å². The molecule has 2 saturated carbocycles. The Morgan fingerprint density at radius 2 is 1.28 bits per heavy atom. The van der Waals surface area contributed by atoms with Gasteiger partial charge in [-0.25, -0.2) is 0 Å². The minimum atomic E-state index is -0.469. The lowest BCUT2D eigenvalue weighted by Crippen LogP contribution is -2.05.